The highest BCUT2D eigenvalue weighted by atomic mass is 16.7. The number of nitrogens with zero attached hydrogens (tertiary/aromatic N) is 3. The summed E-state index contributed by atoms with van der Waals surface area (Å²) in [5.74, 6) is -0.665. The zero-order chi connectivity index (χ0) is 24.9. The van der Waals surface area contributed by atoms with Crippen molar-refractivity contribution in [2.75, 3.05) is 39.5 Å². The molecule has 0 radical (unpaired) electrons. The van der Waals surface area contributed by atoms with Crippen LogP contribution in [-0.2, 0) is 26.1 Å². The van der Waals surface area contributed by atoms with E-state index >= 15 is 0 Å². The van der Waals surface area contributed by atoms with E-state index in [1.807, 2.05) is 55.9 Å². The van der Waals surface area contributed by atoms with Gasteiger partial charge in [0.2, 0.25) is 6.29 Å². The van der Waals surface area contributed by atoms with Crippen LogP contribution in [0.5, 0.6) is 0 Å². The number of aliphatic hydroxyl groups excluding tert-OH is 1. The van der Waals surface area contributed by atoms with Crippen molar-refractivity contribution in [1.29, 1.82) is 0 Å². The second kappa shape index (κ2) is 11.2. The molecule has 4 rings (SSSR count). The predicted octanol–water partition coefficient (Wildman–Crippen LogP) is 2.09. The number of aliphatic hydroxyl groups is 1. The fourth-order valence-corrected chi connectivity index (χ4v) is 4.99. The molecule has 190 valence electrons. The average Bonchev–Trinajstić information content (AvgIpc) is 3.11. The first-order valence-electron chi connectivity index (χ1n) is 12.3. The molecule has 1 N–H and O–H groups in total. The Bertz CT molecular complexity index is 1100. The Labute approximate surface area is 205 Å². The van der Waals surface area contributed by atoms with Gasteiger partial charge in [0.15, 0.2) is 5.76 Å². The SMILES string of the molecule is CCO[C@H]1OC(C(=O)N2CCOCC2)=C[C@@H](c2c(C)n(C)n(-c3ccccc3)c2=O)[C@@H]1CCCO. The first kappa shape index (κ1) is 25.2. The minimum Gasteiger partial charge on any atom is -0.459 e. The summed E-state index contributed by atoms with van der Waals surface area (Å²) in [4.78, 5) is 28.9. The first-order valence-corrected chi connectivity index (χ1v) is 12.3. The van der Waals surface area contributed by atoms with Crippen LogP contribution in [0.3, 0.4) is 0 Å². The molecule has 1 aromatic carbocycles. The molecule has 0 spiro atoms. The number of benzene rings is 1. The van der Waals surface area contributed by atoms with Gasteiger partial charge in [-0.15, -0.1) is 0 Å². The molecule has 1 fully saturated rings. The van der Waals surface area contributed by atoms with Crippen molar-refractivity contribution in [1.82, 2.24) is 14.3 Å². The maximum absolute atomic E-state index is 13.8. The van der Waals surface area contributed by atoms with E-state index in [9.17, 15) is 14.7 Å². The molecule has 2 aromatic rings. The van der Waals surface area contributed by atoms with Crippen LogP contribution in [0, 0.1) is 12.8 Å². The van der Waals surface area contributed by atoms with Crippen molar-refractivity contribution < 1.29 is 24.1 Å². The summed E-state index contributed by atoms with van der Waals surface area (Å²) in [6.07, 6.45) is 2.20. The van der Waals surface area contributed by atoms with E-state index in [2.05, 4.69) is 0 Å². The highest BCUT2D eigenvalue weighted by molar-refractivity contribution is 5.92. The Morgan fingerprint density at radius 3 is 2.57 bits per heavy atom. The van der Waals surface area contributed by atoms with Crippen LogP contribution in [0.25, 0.3) is 5.69 Å². The number of para-hydroxylation sites is 1. The van der Waals surface area contributed by atoms with Gasteiger partial charge in [0.25, 0.3) is 11.5 Å². The van der Waals surface area contributed by atoms with Gasteiger partial charge in [-0.25, -0.2) is 4.68 Å². The number of carbonyl (C=O) groups is 1. The molecule has 9 nitrogen and oxygen atoms in total. The summed E-state index contributed by atoms with van der Waals surface area (Å²) < 4.78 is 21.0. The Morgan fingerprint density at radius 1 is 1.20 bits per heavy atom. The van der Waals surface area contributed by atoms with E-state index in [0.29, 0.717) is 51.3 Å². The molecule has 9 heteroatoms. The minimum absolute atomic E-state index is 0.0212. The largest absolute Gasteiger partial charge is 0.459 e. The molecule has 1 amide bonds. The first-order chi connectivity index (χ1) is 17.0. The van der Waals surface area contributed by atoms with E-state index in [0.717, 1.165) is 11.4 Å². The normalized spacial score (nSPS) is 22.6. The molecule has 2 aliphatic heterocycles. The van der Waals surface area contributed by atoms with Crippen LogP contribution in [0.4, 0.5) is 0 Å². The van der Waals surface area contributed by atoms with Crippen LogP contribution in [-0.4, -0.2) is 71.1 Å². The summed E-state index contributed by atoms with van der Waals surface area (Å²) in [6, 6.07) is 9.49. The zero-order valence-corrected chi connectivity index (χ0v) is 20.7. The van der Waals surface area contributed by atoms with Crippen LogP contribution in [0.15, 0.2) is 47.0 Å². The Balaban J connectivity index is 1.82. The van der Waals surface area contributed by atoms with Gasteiger partial charge in [0.1, 0.15) is 0 Å². The zero-order valence-electron chi connectivity index (χ0n) is 20.7. The lowest BCUT2D eigenvalue weighted by molar-refractivity contribution is -0.171. The van der Waals surface area contributed by atoms with Gasteiger partial charge >= 0.3 is 0 Å². The molecule has 1 saturated heterocycles. The number of rotatable bonds is 8. The third kappa shape index (κ3) is 5.07. The molecule has 3 atom stereocenters. The lowest BCUT2D eigenvalue weighted by Crippen LogP contribution is -2.45. The molecule has 0 unspecified atom stereocenters. The van der Waals surface area contributed by atoms with Crippen molar-refractivity contribution >= 4 is 5.91 Å². The number of hydrogen-bond acceptors (Lipinski definition) is 6. The van der Waals surface area contributed by atoms with Crippen molar-refractivity contribution in [3.8, 4) is 5.69 Å². The molecule has 35 heavy (non-hydrogen) atoms. The van der Waals surface area contributed by atoms with Gasteiger partial charge in [0, 0.05) is 56.4 Å². The van der Waals surface area contributed by atoms with Crippen molar-refractivity contribution in [3.63, 3.8) is 0 Å². The fourth-order valence-electron chi connectivity index (χ4n) is 4.99. The van der Waals surface area contributed by atoms with E-state index in [1.165, 1.54) is 0 Å². The van der Waals surface area contributed by atoms with E-state index in [4.69, 9.17) is 14.2 Å². The lowest BCUT2D eigenvalue weighted by atomic mass is 9.80. The Kier molecular flexibility index (Phi) is 8.10. The second-order valence-electron chi connectivity index (χ2n) is 8.91. The standard InChI is InChI=1S/C26H35N3O6/c1-4-34-26-20(11-8-14-30)21(17-22(35-26)24(31)28-12-15-33-16-13-28)23-18(2)27(3)29(25(23)32)19-9-6-5-7-10-19/h5-7,9-10,17,20-21,26,30H,4,8,11-16H2,1-3H3/t20-,21+,26-/m0/s1. The van der Waals surface area contributed by atoms with Crippen molar-refractivity contribution in [2.45, 2.75) is 38.9 Å². The van der Waals surface area contributed by atoms with Crippen LogP contribution >= 0.6 is 0 Å². The molecule has 3 heterocycles. The van der Waals surface area contributed by atoms with Crippen LogP contribution in [0.2, 0.25) is 0 Å². The number of allylic oxidation sites excluding steroid dienone is 1. The Hall–Kier alpha value is -2.88. The topological polar surface area (TPSA) is 95.2 Å². The molecular weight excluding hydrogens is 450 g/mol. The summed E-state index contributed by atoms with van der Waals surface area (Å²) >= 11 is 0. The monoisotopic (exact) mass is 485 g/mol. The number of amides is 1. The summed E-state index contributed by atoms with van der Waals surface area (Å²) in [6.45, 7) is 6.15. The smallest absolute Gasteiger partial charge is 0.288 e. The summed E-state index contributed by atoms with van der Waals surface area (Å²) in [5, 5.41) is 9.55. The summed E-state index contributed by atoms with van der Waals surface area (Å²) in [5.41, 5.74) is 2.05. The van der Waals surface area contributed by atoms with Gasteiger partial charge in [-0.3, -0.25) is 14.3 Å². The molecule has 0 saturated carbocycles. The third-order valence-corrected chi connectivity index (χ3v) is 6.85. The van der Waals surface area contributed by atoms with Gasteiger partial charge in [-0.2, -0.15) is 0 Å². The molecule has 1 aromatic heterocycles. The third-order valence-electron chi connectivity index (χ3n) is 6.85. The van der Waals surface area contributed by atoms with Gasteiger partial charge in [-0.1, -0.05) is 18.2 Å². The lowest BCUT2D eigenvalue weighted by Gasteiger charge is -2.38. The Morgan fingerprint density at radius 2 is 1.91 bits per heavy atom. The van der Waals surface area contributed by atoms with Crippen LogP contribution in [0.1, 0.15) is 36.9 Å². The molecular formula is C26H35N3O6. The fraction of sp³-hybridized carbons (Fsp3) is 0.538. The minimum atomic E-state index is -0.703. The highest BCUT2D eigenvalue weighted by Crippen LogP contribution is 2.40. The maximum atomic E-state index is 13.8. The molecule has 0 bridgehead atoms. The number of carbonyl (C=O) groups excluding carboxylic acids is 1. The number of hydrogen-bond donors (Lipinski definition) is 1. The predicted molar refractivity (Wildman–Crippen MR) is 130 cm³/mol. The van der Waals surface area contributed by atoms with Crippen molar-refractivity contribution in [3.05, 3.63) is 63.8 Å². The maximum Gasteiger partial charge on any atom is 0.288 e. The molecule has 0 aliphatic carbocycles. The van der Waals surface area contributed by atoms with Gasteiger partial charge in [-0.05, 0) is 44.9 Å². The average molecular weight is 486 g/mol. The number of morpholine rings is 1. The van der Waals surface area contributed by atoms with E-state index in [-0.39, 0.29) is 29.8 Å². The van der Waals surface area contributed by atoms with Crippen LogP contribution < -0.4 is 5.56 Å². The number of aromatic nitrogens is 2. The summed E-state index contributed by atoms with van der Waals surface area (Å²) in [7, 11) is 1.86. The highest BCUT2D eigenvalue weighted by Gasteiger charge is 2.41. The second-order valence-corrected chi connectivity index (χ2v) is 8.91. The van der Waals surface area contributed by atoms with Gasteiger partial charge in [0.05, 0.1) is 18.9 Å². The van der Waals surface area contributed by atoms with E-state index in [1.54, 1.807) is 15.7 Å². The molecule has 2 aliphatic rings. The van der Waals surface area contributed by atoms with Gasteiger partial charge < -0.3 is 24.2 Å². The number of ether oxygens (including phenoxy) is 3. The quantitative estimate of drug-likeness (QED) is 0.615. The van der Waals surface area contributed by atoms with E-state index < -0.39 is 12.2 Å². The van der Waals surface area contributed by atoms with Crippen molar-refractivity contribution in [2.24, 2.45) is 13.0 Å².